The Morgan fingerprint density at radius 2 is 1.78 bits per heavy atom. The predicted octanol–water partition coefficient (Wildman–Crippen LogP) is 3.76. The van der Waals surface area contributed by atoms with Crippen molar-refractivity contribution in [2.75, 3.05) is 23.3 Å². The molecule has 5 aromatic rings. The van der Waals surface area contributed by atoms with E-state index in [1.54, 1.807) is 6.20 Å². The van der Waals surface area contributed by atoms with Gasteiger partial charge in [-0.05, 0) is 38.8 Å². The van der Waals surface area contributed by atoms with Gasteiger partial charge in [0.15, 0.2) is 23.3 Å². The van der Waals surface area contributed by atoms with Crippen molar-refractivity contribution < 1.29 is 4.39 Å². The molecule has 12 nitrogen and oxygen atoms in total. The number of fused-ring (bicyclic) bond motifs is 2. The highest BCUT2D eigenvalue weighted by Crippen LogP contribution is 2.40. The van der Waals surface area contributed by atoms with Crippen LogP contribution in [0.1, 0.15) is 36.3 Å². The largest absolute Gasteiger partial charge is 0.352 e. The first-order chi connectivity index (χ1) is 19.9. The Balaban J connectivity index is 1.01. The second-order valence-corrected chi connectivity index (χ2v) is 10.7. The van der Waals surface area contributed by atoms with Crippen molar-refractivity contribution in [3.63, 3.8) is 0 Å². The highest BCUT2D eigenvalue weighted by molar-refractivity contribution is 5.58. The van der Waals surface area contributed by atoms with Crippen LogP contribution in [0, 0.1) is 19.7 Å². The normalized spacial score (nSPS) is 19.2. The third-order valence-corrected chi connectivity index (χ3v) is 7.74. The number of aromatic nitrogens is 9. The maximum absolute atomic E-state index is 13.3. The number of pyridine rings is 1. The molecular weight excluding hydrogens is 523 g/mol. The average Bonchev–Trinajstić information content (AvgIpc) is 3.60. The van der Waals surface area contributed by atoms with Gasteiger partial charge in [0.1, 0.15) is 17.3 Å². The molecule has 3 unspecified atom stereocenters. The van der Waals surface area contributed by atoms with E-state index in [2.05, 4.69) is 57.3 Å². The number of nitrogens with zero attached hydrogens (tertiary/aromatic N) is 10. The summed E-state index contributed by atoms with van der Waals surface area (Å²) in [6.45, 7) is 7.84. The molecule has 0 aliphatic carbocycles. The van der Waals surface area contributed by atoms with Gasteiger partial charge in [-0.25, -0.2) is 34.0 Å². The van der Waals surface area contributed by atoms with Crippen LogP contribution in [0.25, 0.3) is 17.3 Å². The zero-order valence-corrected chi connectivity index (χ0v) is 22.9. The standard InChI is InChI=1S/C28H29FN12/c1-16-6-24(35-25-7-17(2)37-38-25)36-28(34-16)23-11-32-27(12-30-23)39-14-21-8-22(15-39)41(21)18(3)19-4-5-26(31-9-19)40-13-20(29)10-33-40/h4-7,9-13,18,21-22H,8,14-15H2,1-3H3,(H2,34,35,36,37,38). The number of hydrogen-bond acceptors (Lipinski definition) is 10. The SMILES string of the molecule is Cc1cc(Nc2cc(C)[nH]n2)nc(-c2cnc(N3CC4CC(C3)N4C(C)c3ccc(-n4cc(F)cn4)nc3)cn2)n1. The van der Waals surface area contributed by atoms with E-state index in [9.17, 15) is 4.39 Å². The molecule has 3 aliphatic heterocycles. The third-order valence-electron chi connectivity index (χ3n) is 7.74. The van der Waals surface area contributed by atoms with E-state index in [0.717, 1.165) is 42.3 Å². The first-order valence-electron chi connectivity index (χ1n) is 13.6. The van der Waals surface area contributed by atoms with E-state index < -0.39 is 0 Å². The summed E-state index contributed by atoms with van der Waals surface area (Å²) in [4.78, 5) is 27.9. The Bertz CT molecular complexity index is 1670. The van der Waals surface area contributed by atoms with Crippen LogP contribution in [-0.2, 0) is 0 Å². The smallest absolute Gasteiger partial charge is 0.182 e. The lowest BCUT2D eigenvalue weighted by atomic mass is 9.84. The molecule has 3 aliphatic rings. The number of hydrogen-bond donors (Lipinski definition) is 2. The first-order valence-corrected chi connectivity index (χ1v) is 13.6. The van der Waals surface area contributed by atoms with Crippen LogP contribution < -0.4 is 10.2 Å². The third kappa shape index (κ3) is 4.88. The number of piperazine rings is 1. The molecule has 13 heteroatoms. The van der Waals surface area contributed by atoms with Crippen molar-refractivity contribution in [1.29, 1.82) is 0 Å². The van der Waals surface area contributed by atoms with E-state index >= 15 is 0 Å². The Labute approximate surface area is 235 Å². The van der Waals surface area contributed by atoms with Gasteiger partial charge in [-0.15, -0.1) is 0 Å². The van der Waals surface area contributed by atoms with Crippen molar-refractivity contribution in [3.8, 4) is 17.3 Å². The van der Waals surface area contributed by atoms with Crippen LogP contribution >= 0.6 is 0 Å². The van der Waals surface area contributed by atoms with Crippen molar-refractivity contribution in [2.45, 2.75) is 45.3 Å². The molecule has 2 bridgehead atoms. The topological polar surface area (TPSA) is 129 Å². The maximum Gasteiger partial charge on any atom is 0.182 e. The lowest BCUT2D eigenvalue weighted by Gasteiger charge is -2.58. The number of H-pyrrole nitrogens is 1. The van der Waals surface area contributed by atoms with Crippen molar-refractivity contribution in [3.05, 3.63) is 78.0 Å². The number of aromatic amines is 1. The number of rotatable bonds is 7. The van der Waals surface area contributed by atoms with Crippen molar-refractivity contribution in [1.82, 2.24) is 49.8 Å². The number of aryl methyl sites for hydroxylation is 2. The summed E-state index contributed by atoms with van der Waals surface area (Å²) in [7, 11) is 0. The quantitative estimate of drug-likeness (QED) is 0.308. The van der Waals surface area contributed by atoms with E-state index in [1.165, 1.54) is 17.1 Å². The van der Waals surface area contributed by atoms with Gasteiger partial charge in [0, 0.05) is 60.9 Å². The molecule has 0 aromatic carbocycles. The molecule has 41 heavy (non-hydrogen) atoms. The van der Waals surface area contributed by atoms with Crippen LogP contribution in [-0.4, -0.2) is 75.0 Å². The molecule has 8 rings (SSSR count). The number of anilines is 3. The highest BCUT2D eigenvalue weighted by atomic mass is 19.1. The number of nitrogens with one attached hydrogen (secondary N) is 2. The molecule has 0 spiro atoms. The average molecular weight is 553 g/mol. The van der Waals surface area contributed by atoms with Gasteiger partial charge in [0.25, 0.3) is 0 Å². The van der Waals surface area contributed by atoms with Crippen LogP contribution in [0.2, 0.25) is 0 Å². The van der Waals surface area contributed by atoms with Gasteiger partial charge in [-0.1, -0.05) is 6.07 Å². The summed E-state index contributed by atoms with van der Waals surface area (Å²) in [6.07, 6.45) is 9.07. The zero-order valence-electron chi connectivity index (χ0n) is 22.9. The molecule has 0 saturated carbocycles. The van der Waals surface area contributed by atoms with Crippen LogP contribution in [0.4, 0.5) is 21.8 Å². The molecule has 0 amide bonds. The minimum Gasteiger partial charge on any atom is -0.352 e. The monoisotopic (exact) mass is 552 g/mol. The summed E-state index contributed by atoms with van der Waals surface area (Å²) in [5.41, 5.74) is 3.53. The summed E-state index contributed by atoms with van der Waals surface area (Å²) >= 11 is 0. The molecular formula is C28H29FN12. The van der Waals surface area contributed by atoms with E-state index in [0.29, 0.717) is 41.1 Å². The predicted molar refractivity (Wildman–Crippen MR) is 150 cm³/mol. The van der Waals surface area contributed by atoms with Gasteiger partial charge in [0.05, 0.1) is 24.8 Å². The fraction of sp³-hybridized carbons (Fsp3) is 0.321. The second-order valence-electron chi connectivity index (χ2n) is 10.7. The van der Waals surface area contributed by atoms with Gasteiger partial charge in [-0.2, -0.15) is 10.2 Å². The number of piperidine rings is 1. The minimum atomic E-state index is -0.382. The van der Waals surface area contributed by atoms with Crippen molar-refractivity contribution in [2.24, 2.45) is 0 Å². The molecule has 3 atom stereocenters. The molecule has 3 fully saturated rings. The summed E-state index contributed by atoms with van der Waals surface area (Å²) in [5, 5.41) is 14.3. The van der Waals surface area contributed by atoms with Crippen LogP contribution in [0.3, 0.4) is 0 Å². The minimum absolute atomic E-state index is 0.219. The van der Waals surface area contributed by atoms with E-state index in [-0.39, 0.29) is 11.9 Å². The maximum atomic E-state index is 13.3. The Kier molecular flexibility index (Phi) is 6.15. The molecule has 3 saturated heterocycles. The summed E-state index contributed by atoms with van der Waals surface area (Å²) in [5.74, 6) is 2.92. The molecule has 0 radical (unpaired) electrons. The summed E-state index contributed by atoms with van der Waals surface area (Å²) < 4.78 is 14.8. The van der Waals surface area contributed by atoms with Crippen LogP contribution in [0.15, 0.2) is 55.2 Å². The van der Waals surface area contributed by atoms with Crippen molar-refractivity contribution >= 4 is 17.5 Å². The van der Waals surface area contributed by atoms with Gasteiger partial charge >= 0.3 is 0 Å². The highest BCUT2D eigenvalue weighted by Gasteiger charge is 2.47. The number of halogens is 1. The fourth-order valence-electron chi connectivity index (χ4n) is 5.80. The second kappa shape index (κ2) is 10.0. The van der Waals surface area contributed by atoms with Crippen LogP contribution in [0.5, 0.6) is 0 Å². The Hall–Kier alpha value is -4.78. The fourth-order valence-corrected chi connectivity index (χ4v) is 5.80. The van der Waals surface area contributed by atoms with Gasteiger partial charge in [0.2, 0.25) is 0 Å². The van der Waals surface area contributed by atoms with Gasteiger partial charge < -0.3 is 10.2 Å². The molecule has 2 N–H and O–H groups in total. The van der Waals surface area contributed by atoms with E-state index in [1.807, 2.05) is 50.5 Å². The summed E-state index contributed by atoms with van der Waals surface area (Å²) in [6, 6.07) is 8.77. The van der Waals surface area contributed by atoms with Gasteiger partial charge in [-0.3, -0.25) is 10.00 Å². The molecule has 8 heterocycles. The molecule has 5 aromatic heterocycles. The first kappa shape index (κ1) is 25.2. The zero-order chi connectivity index (χ0) is 28.1. The Morgan fingerprint density at radius 3 is 2.44 bits per heavy atom. The molecule has 208 valence electrons. The van der Waals surface area contributed by atoms with E-state index in [4.69, 9.17) is 4.98 Å². The Morgan fingerprint density at radius 1 is 0.951 bits per heavy atom. The lowest BCUT2D eigenvalue weighted by molar-refractivity contribution is -0.0344. The lowest BCUT2D eigenvalue weighted by Crippen LogP contribution is -2.69.